The number of fused-ring (bicyclic) bond motifs is 1. The molecule has 0 unspecified atom stereocenters. The van der Waals surface area contributed by atoms with Gasteiger partial charge in [-0.3, -0.25) is 0 Å². The van der Waals surface area contributed by atoms with Gasteiger partial charge in [0.1, 0.15) is 0 Å². The smallest absolute Gasteiger partial charge is 0.339 e. The minimum absolute atomic E-state index is 0.280. The molecule has 0 fully saturated rings. The summed E-state index contributed by atoms with van der Waals surface area (Å²) in [6.45, 7) is 2.19. The first-order valence-electron chi connectivity index (χ1n) is 4.65. The van der Waals surface area contributed by atoms with Gasteiger partial charge in [0.05, 0.1) is 12.2 Å². The summed E-state index contributed by atoms with van der Waals surface area (Å²) in [5, 5.41) is 0. The van der Waals surface area contributed by atoms with Gasteiger partial charge in [-0.05, 0) is 41.1 Å². The molecule has 4 heteroatoms. The number of rotatable bonds is 2. The van der Waals surface area contributed by atoms with E-state index in [-0.39, 0.29) is 5.97 Å². The molecule has 0 aliphatic carbocycles. The molecule has 3 nitrogen and oxygen atoms in total. The van der Waals surface area contributed by atoms with Crippen molar-refractivity contribution in [2.75, 3.05) is 6.61 Å². The number of carbonyl (C=O) groups excluding carboxylic acids is 1. The number of pyridine rings is 1. The van der Waals surface area contributed by atoms with Crippen LogP contribution in [-0.4, -0.2) is 17.0 Å². The molecule has 2 aromatic rings. The molecule has 0 aliphatic heterocycles. The Morgan fingerprint density at radius 3 is 3.00 bits per heavy atom. The molecule has 0 aromatic carbocycles. The Balaban J connectivity index is 2.42. The van der Waals surface area contributed by atoms with Gasteiger partial charge in [0, 0.05) is 22.4 Å². The molecule has 2 rings (SSSR count). The lowest BCUT2D eigenvalue weighted by Gasteiger charge is -1.96. The Bertz CT molecular complexity index is 504. The summed E-state index contributed by atoms with van der Waals surface area (Å²) in [6, 6.07) is 5.68. The minimum Gasteiger partial charge on any atom is -0.462 e. The Morgan fingerprint density at radius 1 is 1.47 bits per heavy atom. The number of halogens is 1. The van der Waals surface area contributed by atoms with E-state index in [0.717, 1.165) is 9.99 Å². The van der Waals surface area contributed by atoms with Crippen LogP contribution in [0.5, 0.6) is 0 Å². The largest absolute Gasteiger partial charge is 0.462 e. The summed E-state index contributed by atoms with van der Waals surface area (Å²) in [4.78, 5) is 11.5. The van der Waals surface area contributed by atoms with Gasteiger partial charge >= 0.3 is 5.97 Å². The standard InChI is InChI=1S/C11H10BrNO2/c1-2-15-11(14)8-5-10-4-3-9(12)7-13(10)6-8/h3-7H,2H2,1H3. The molecular formula is C11H10BrNO2. The van der Waals surface area contributed by atoms with E-state index in [0.29, 0.717) is 12.2 Å². The summed E-state index contributed by atoms with van der Waals surface area (Å²) in [7, 11) is 0. The zero-order chi connectivity index (χ0) is 10.8. The summed E-state index contributed by atoms with van der Waals surface area (Å²) in [5.74, 6) is -0.280. The van der Waals surface area contributed by atoms with Gasteiger partial charge in [-0.1, -0.05) is 0 Å². The molecule has 0 saturated carbocycles. The molecule has 0 amide bonds. The van der Waals surface area contributed by atoms with E-state index in [2.05, 4.69) is 15.9 Å². The van der Waals surface area contributed by atoms with Crippen molar-refractivity contribution < 1.29 is 9.53 Å². The summed E-state index contributed by atoms with van der Waals surface area (Å²) >= 11 is 3.37. The van der Waals surface area contributed by atoms with Crippen molar-refractivity contribution in [2.24, 2.45) is 0 Å². The second kappa shape index (κ2) is 4.06. The van der Waals surface area contributed by atoms with Gasteiger partial charge in [-0.2, -0.15) is 0 Å². The van der Waals surface area contributed by atoms with E-state index in [1.54, 1.807) is 13.1 Å². The number of esters is 1. The van der Waals surface area contributed by atoms with Crippen molar-refractivity contribution in [3.8, 4) is 0 Å². The monoisotopic (exact) mass is 267 g/mol. The third-order valence-corrected chi connectivity index (χ3v) is 2.54. The first-order valence-corrected chi connectivity index (χ1v) is 5.44. The SMILES string of the molecule is CCOC(=O)c1cc2ccc(Br)cn2c1. The van der Waals surface area contributed by atoms with E-state index in [9.17, 15) is 4.79 Å². The van der Waals surface area contributed by atoms with Gasteiger partial charge in [0.2, 0.25) is 0 Å². The number of hydrogen-bond acceptors (Lipinski definition) is 2. The summed E-state index contributed by atoms with van der Waals surface area (Å²) in [6.07, 6.45) is 3.66. The van der Waals surface area contributed by atoms with Crippen LogP contribution in [0.4, 0.5) is 0 Å². The molecule has 2 heterocycles. The molecule has 0 saturated heterocycles. The predicted molar refractivity (Wildman–Crippen MR) is 61.1 cm³/mol. The molecule has 78 valence electrons. The number of ether oxygens (including phenoxy) is 1. The van der Waals surface area contributed by atoms with E-state index in [4.69, 9.17) is 4.74 Å². The van der Waals surface area contributed by atoms with E-state index < -0.39 is 0 Å². The fourth-order valence-corrected chi connectivity index (χ4v) is 1.76. The van der Waals surface area contributed by atoms with Gasteiger partial charge < -0.3 is 9.14 Å². The topological polar surface area (TPSA) is 30.7 Å². The van der Waals surface area contributed by atoms with Gasteiger partial charge in [0.15, 0.2) is 0 Å². The highest BCUT2D eigenvalue weighted by Crippen LogP contribution is 2.15. The van der Waals surface area contributed by atoms with Crippen LogP contribution in [0.25, 0.3) is 5.52 Å². The highest BCUT2D eigenvalue weighted by atomic mass is 79.9. The lowest BCUT2D eigenvalue weighted by molar-refractivity contribution is 0.0526. The highest BCUT2D eigenvalue weighted by Gasteiger charge is 2.08. The van der Waals surface area contributed by atoms with Crippen molar-refractivity contribution in [1.29, 1.82) is 0 Å². The van der Waals surface area contributed by atoms with Crippen molar-refractivity contribution in [1.82, 2.24) is 4.40 Å². The molecule has 0 aliphatic rings. The van der Waals surface area contributed by atoms with Crippen LogP contribution in [0.1, 0.15) is 17.3 Å². The van der Waals surface area contributed by atoms with Crippen molar-refractivity contribution >= 4 is 27.4 Å². The average molecular weight is 268 g/mol. The quantitative estimate of drug-likeness (QED) is 0.784. The Kier molecular flexibility index (Phi) is 2.77. The number of hydrogen-bond donors (Lipinski definition) is 0. The van der Waals surface area contributed by atoms with Gasteiger partial charge in [-0.15, -0.1) is 0 Å². The van der Waals surface area contributed by atoms with Crippen LogP contribution < -0.4 is 0 Å². The van der Waals surface area contributed by atoms with Crippen molar-refractivity contribution in [3.05, 3.63) is 40.6 Å². The van der Waals surface area contributed by atoms with Crippen molar-refractivity contribution in [2.45, 2.75) is 6.92 Å². The number of aromatic nitrogens is 1. The van der Waals surface area contributed by atoms with Gasteiger partial charge in [-0.25, -0.2) is 4.79 Å². The van der Waals surface area contributed by atoms with Crippen LogP contribution in [-0.2, 0) is 4.74 Å². The lowest BCUT2D eigenvalue weighted by atomic mass is 10.3. The van der Waals surface area contributed by atoms with Crippen LogP contribution >= 0.6 is 15.9 Å². The number of carbonyl (C=O) groups is 1. The maximum Gasteiger partial charge on any atom is 0.339 e. The maximum atomic E-state index is 11.5. The molecule has 0 spiro atoms. The second-order valence-corrected chi connectivity index (χ2v) is 4.04. The first-order chi connectivity index (χ1) is 7.20. The zero-order valence-electron chi connectivity index (χ0n) is 8.24. The molecule has 0 atom stereocenters. The normalized spacial score (nSPS) is 10.5. The zero-order valence-corrected chi connectivity index (χ0v) is 9.82. The van der Waals surface area contributed by atoms with Crippen LogP contribution in [0.15, 0.2) is 35.1 Å². The fraction of sp³-hybridized carbons (Fsp3) is 0.182. The lowest BCUT2D eigenvalue weighted by Crippen LogP contribution is -2.02. The Morgan fingerprint density at radius 2 is 2.27 bits per heavy atom. The highest BCUT2D eigenvalue weighted by molar-refractivity contribution is 9.10. The van der Waals surface area contributed by atoms with Crippen LogP contribution in [0.2, 0.25) is 0 Å². The van der Waals surface area contributed by atoms with E-state index >= 15 is 0 Å². The molecule has 0 N–H and O–H groups in total. The molecule has 0 radical (unpaired) electrons. The van der Waals surface area contributed by atoms with Gasteiger partial charge in [0.25, 0.3) is 0 Å². The van der Waals surface area contributed by atoms with Crippen LogP contribution in [0, 0.1) is 0 Å². The van der Waals surface area contributed by atoms with E-state index in [1.807, 2.05) is 28.8 Å². The third kappa shape index (κ3) is 2.04. The Labute approximate surface area is 95.8 Å². The summed E-state index contributed by atoms with van der Waals surface area (Å²) in [5.41, 5.74) is 1.55. The number of nitrogens with zero attached hydrogens (tertiary/aromatic N) is 1. The van der Waals surface area contributed by atoms with Crippen molar-refractivity contribution in [3.63, 3.8) is 0 Å². The second-order valence-electron chi connectivity index (χ2n) is 3.13. The molecule has 2 aromatic heterocycles. The fourth-order valence-electron chi connectivity index (χ4n) is 1.41. The maximum absolute atomic E-state index is 11.5. The van der Waals surface area contributed by atoms with E-state index in [1.165, 1.54) is 0 Å². The average Bonchev–Trinajstić information content (AvgIpc) is 2.60. The molecule has 0 bridgehead atoms. The molecule has 15 heavy (non-hydrogen) atoms. The minimum atomic E-state index is -0.280. The van der Waals surface area contributed by atoms with Crippen LogP contribution in [0.3, 0.4) is 0 Å². The molecular weight excluding hydrogens is 258 g/mol. The predicted octanol–water partition coefficient (Wildman–Crippen LogP) is 2.88. The third-order valence-electron chi connectivity index (χ3n) is 2.07. The summed E-state index contributed by atoms with van der Waals surface area (Å²) < 4.78 is 7.78. The Hall–Kier alpha value is -1.29. The first kappa shape index (κ1) is 10.2.